The predicted octanol–water partition coefficient (Wildman–Crippen LogP) is 0.997. The lowest BCUT2D eigenvalue weighted by molar-refractivity contribution is -0.0468. The van der Waals surface area contributed by atoms with E-state index in [0.717, 1.165) is 25.7 Å². The second-order valence-corrected chi connectivity index (χ2v) is 8.20. The minimum atomic E-state index is -2.51. The molecule has 1 unspecified atom stereocenters. The number of imidazole rings is 1. The number of nitrogens with one attached hydrogen (secondary N) is 1. The average Bonchev–Trinajstić information content (AvgIpc) is 3.23. The fourth-order valence-electron chi connectivity index (χ4n) is 3.84. The Labute approximate surface area is 173 Å². The van der Waals surface area contributed by atoms with Crippen LogP contribution in [-0.4, -0.2) is 69.5 Å². The van der Waals surface area contributed by atoms with Gasteiger partial charge < -0.3 is 20.3 Å². The fourth-order valence-corrected chi connectivity index (χ4v) is 4.25. The standard InChI is InChI=1S/C16H22ClN5O6S/c17-16-20-13(19-8-4-2-1-3-5-8)10-14(21-16)22(7-18-10)15-12(24)11(23)9(28-15)6-27-29(25)26/h7-9,11-12,15,23-24H,1-6H2,(H,25,26)(H,19,20,21)/t9-,11-,12-,15-/m1/s1. The van der Waals surface area contributed by atoms with E-state index in [2.05, 4.69) is 24.5 Å². The third kappa shape index (κ3) is 4.38. The molecule has 3 heterocycles. The quantitative estimate of drug-likeness (QED) is 0.372. The van der Waals surface area contributed by atoms with E-state index >= 15 is 0 Å². The molecule has 160 valence electrons. The lowest BCUT2D eigenvalue weighted by atomic mass is 9.95. The molecule has 0 bridgehead atoms. The van der Waals surface area contributed by atoms with Gasteiger partial charge in [0, 0.05) is 6.04 Å². The maximum atomic E-state index is 10.7. The van der Waals surface area contributed by atoms with Crippen LogP contribution in [-0.2, 0) is 20.3 Å². The highest BCUT2D eigenvalue weighted by molar-refractivity contribution is 7.74. The van der Waals surface area contributed by atoms with Crippen LogP contribution >= 0.6 is 11.6 Å². The highest BCUT2D eigenvalue weighted by Crippen LogP contribution is 2.33. The maximum Gasteiger partial charge on any atom is 0.301 e. The molecule has 2 fully saturated rings. The monoisotopic (exact) mass is 447 g/mol. The van der Waals surface area contributed by atoms with Crippen LogP contribution in [0.1, 0.15) is 38.3 Å². The third-order valence-electron chi connectivity index (χ3n) is 5.28. The van der Waals surface area contributed by atoms with E-state index in [1.165, 1.54) is 17.3 Å². The van der Waals surface area contributed by atoms with Crippen LogP contribution in [0.3, 0.4) is 0 Å². The van der Waals surface area contributed by atoms with E-state index < -0.39 is 35.9 Å². The second-order valence-electron chi connectivity index (χ2n) is 7.19. The van der Waals surface area contributed by atoms with Crippen molar-refractivity contribution in [2.24, 2.45) is 0 Å². The molecular weight excluding hydrogens is 426 g/mol. The molecule has 29 heavy (non-hydrogen) atoms. The van der Waals surface area contributed by atoms with Gasteiger partial charge in [-0.05, 0) is 24.4 Å². The summed E-state index contributed by atoms with van der Waals surface area (Å²) in [6.45, 7) is -0.366. The van der Waals surface area contributed by atoms with Crippen LogP contribution in [0.15, 0.2) is 6.33 Å². The van der Waals surface area contributed by atoms with Crippen LogP contribution in [0.4, 0.5) is 5.82 Å². The van der Waals surface area contributed by atoms with Gasteiger partial charge in [-0.25, -0.2) is 4.98 Å². The number of ether oxygens (including phenoxy) is 1. The van der Waals surface area contributed by atoms with Gasteiger partial charge in [0.15, 0.2) is 23.2 Å². The number of fused-ring (bicyclic) bond motifs is 1. The van der Waals surface area contributed by atoms with Crippen molar-refractivity contribution in [1.29, 1.82) is 0 Å². The summed E-state index contributed by atoms with van der Waals surface area (Å²) in [5, 5.41) is 24.0. The second kappa shape index (κ2) is 8.76. The molecule has 2 aromatic rings. The summed E-state index contributed by atoms with van der Waals surface area (Å²) in [5.41, 5.74) is 0.813. The zero-order valence-electron chi connectivity index (χ0n) is 15.3. The van der Waals surface area contributed by atoms with Gasteiger partial charge >= 0.3 is 11.4 Å². The van der Waals surface area contributed by atoms with Gasteiger partial charge in [0.25, 0.3) is 0 Å². The first-order valence-corrected chi connectivity index (χ1v) is 10.8. The summed E-state index contributed by atoms with van der Waals surface area (Å²) < 4.78 is 31.1. The first-order chi connectivity index (χ1) is 13.9. The Morgan fingerprint density at radius 1 is 1.28 bits per heavy atom. The van der Waals surface area contributed by atoms with Crippen LogP contribution < -0.4 is 5.32 Å². The Morgan fingerprint density at radius 3 is 2.76 bits per heavy atom. The third-order valence-corrected chi connectivity index (χ3v) is 5.79. The molecule has 4 rings (SSSR count). The zero-order valence-corrected chi connectivity index (χ0v) is 16.9. The van der Waals surface area contributed by atoms with E-state index in [4.69, 9.17) is 20.9 Å². The van der Waals surface area contributed by atoms with Crippen LogP contribution in [0.25, 0.3) is 11.2 Å². The van der Waals surface area contributed by atoms with Crippen molar-refractivity contribution in [3.05, 3.63) is 11.6 Å². The Morgan fingerprint density at radius 2 is 2.03 bits per heavy atom. The Hall–Kier alpha value is -1.41. The lowest BCUT2D eigenvalue weighted by Crippen LogP contribution is -2.34. The number of nitrogens with zero attached hydrogens (tertiary/aromatic N) is 4. The normalized spacial score (nSPS) is 29.4. The fraction of sp³-hybridized carbons (Fsp3) is 0.688. The minimum absolute atomic E-state index is 0.0150. The molecule has 2 aliphatic rings. The topological polar surface area (TPSA) is 152 Å². The highest BCUT2D eigenvalue weighted by Gasteiger charge is 2.44. The lowest BCUT2D eigenvalue weighted by Gasteiger charge is -2.23. The van der Waals surface area contributed by atoms with Crippen LogP contribution in [0.2, 0.25) is 5.28 Å². The number of rotatable bonds is 6. The van der Waals surface area contributed by atoms with Gasteiger partial charge in [0.1, 0.15) is 18.3 Å². The predicted molar refractivity (Wildman–Crippen MR) is 103 cm³/mol. The summed E-state index contributed by atoms with van der Waals surface area (Å²) in [5.74, 6) is 0.509. The molecule has 0 spiro atoms. The molecular formula is C16H22ClN5O6S. The Kier molecular flexibility index (Phi) is 6.30. The summed E-state index contributed by atoms with van der Waals surface area (Å²) >= 11 is 3.61. The van der Waals surface area contributed by atoms with Crippen LogP contribution in [0.5, 0.6) is 0 Å². The summed E-state index contributed by atoms with van der Waals surface area (Å²) in [6.07, 6.45) is 2.35. The van der Waals surface area contributed by atoms with Crippen molar-refractivity contribution in [1.82, 2.24) is 19.5 Å². The first-order valence-electron chi connectivity index (χ1n) is 9.36. The van der Waals surface area contributed by atoms with Crippen molar-refractivity contribution in [2.45, 2.75) is 62.7 Å². The van der Waals surface area contributed by atoms with Crippen molar-refractivity contribution >= 4 is 39.9 Å². The number of hydrogen-bond donors (Lipinski definition) is 4. The van der Waals surface area contributed by atoms with Crippen molar-refractivity contribution < 1.29 is 27.9 Å². The van der Waals surface area contributed by atoms with E-state index in [1.54, 1.807) is 0 Å². The van der Waals surface area contributed by atoms with E-state index in [0.29, 0.717) is 17.0 Å². The smallest absolute Gasteiger partial charge is 0.301 e. The summed E-state index contributed by atoms with van der Waals surface area (Å²) in [4.78, 5) is 12.8. The van der Waals surface area contributed by atoms with E-state index in [1.807, 2.05) is 0 Å². The summed E-state index contributed by atoms with van der Waals surface area (Å²) in [7, 11) is 0. The van der Waals surface area contributed by atoms with Gasteiger partial charge in [0.2, 0.25) is 5.28 Å². The van der Waals surface area contributed by atoms with Gasteiger partial charge in [-0.15, -0.1) is 0 Å². The Bertz CT molecular complexity index is 894. The van der Waals surface area contributed by atoms with Gasteiger partial charge in [-0.3, -0.25) is 13.3 Å². The van der Waals surface area contributed by atoms with Crippen molar-refractivity contribution in [2.75, 3.05) is 11.9 Å². The molecule has 13 heteroatoms. The average molecular weight is 448 g/mol. The first kappa shape index (κ1) is 20.8. The molecule has 1 saturated heterocycles. The number of aliphatic hydroxyl groups is 2. The Balaban J connectivity index is 1.60. The van der Waals surface area contributed by atoms with Gasteiger partial charge in [-0.2, -0.15) is 14.2 Å². The minimum Gasteiger partial charge on any atom is -0.387 e. The molecule has 1 aliphatic carbocycles. The number of aromatic nitrogens is 4. The molecule has 4 N–H and O–H groups in total. The molecule has 5 atom stereocenters. The van der Waals surface area contributed by atoms with Crippen molar-refractivity contribution in [3.63, 3.8) is 0 Å². The molecule has 1 aliphatic heterocycles. The van der Waals surface area contributed by atoms with Gasteiger partial charge in [0.05, 0.1) is 12.9 Å². The molecule has 11 nitrogen and oxygen atoms in total. The van der Waals surface area contributed by atoms with Crippen molar-refractivity contribution in [3.8, 4) is 0 Å². The molecule has 0 aromatic carbocycles. The van der Waals surface area contributed by atoms with E-state index in [-0.39, 0.29) is 17.9 Å². The SMILES string of the molecule is O=S(O)OC[C@H]1O[C@@H](n2cnc3c(NC4CCCCC4)nc(Cl)nc32)[C@H](O)[C@@H]1O. The molecule has 2 aromatic heterocycles. The van der Waals surface area contributed by atoms with Gasteiger partial charge in [-0.1, -0.05) is 19.3 Å². The molecule has 1 saturated carbocycles. The summed E-state index contributed by atoms with van der Waals surface area (Å²) in [6, 6.07) is 0.277. The highest BCUT2D eigenvalue weighted by atomic mass is 35.5. The number of hydrogen-bond acceptors (Lipinski definition) is 9. The number of aliphatic hydroxyl groups excluding tert-OH is 2. The molecule has 0 amide bonds. The molecule has 0 radical (unpaired) electrons. The number of anilines is 1. The largest absolute Gasteiger partial charge is 0.387 e. The zero-order chi connectivity index (χ0) is 20.5. The van der Waals surface area contributed by atoms with Crippen LogP contribution in [0, 0.1) is 0 Å². The van der Waals surface area contributed by atoms with E-state index in [9.17, 15) is 14.4 Å². The maximum absolute atomic E-state index is 10.7. The number of halogens is 1.